The number of nitrogens with zero attached hydrogens (tertiary/aromatic N) is 9. The third kappa shape index (κ3) is 5.78. The Hall–Kier alpha value is -6.43. The van der Waals surface area contributed by atoms with Crippen LogP contribution in [0.2, 0.25) is 0 Å². The van der Waals surface area contributed by atoms with Crippen molar-refractivity contribution in [1.29, 1.82) is 0 Å². The summed E-state index contributed by atoms with van der Waals surface area (Å²) >= 11 is 0.633. The van der Waals surface area contributed by atoms with Crippen molar-refractivity contribution in [2.75, 3.05) is 10.6 Å². The van der Waals surface area contributed by atoms with Crippen LogP contribution in [0.1, 0.15) is 0 Å². The van der Waals surface area contributed by atoms with Gasteiger partial charge in [0.1, 0.15) is 0 Å². The molecule has 12 nitrogen and oxygen atoms in total. The number of aryl methyl sites for hydroxylation is 3. The zero-order valence-electron chi connectivity index (χ0n) is 30.8. The zero-order valence-corrected chi connectivity index (χ0v) is 34.2. The van der Waals surface area contributed by atoms with Gasteiger partial charge in [0.2, 0.25) is 0 Å². The van der Waals surface area contributed by atoms with E-state index in [0.717, 1.165) is 79.1 Å². The van der Waals surface area contributed by atoms with E-state index in [2.05, 4.69) is 121 Å². The minimum atomic E-state index is 0.316. The molecular weight excluding hydrogens is 830 g/mol. The predicted molar refractivity (Wildman–Crippen MR) is 221 cm³/mol. The summed E-state index contributed by atoms with van der Waals surface area (Å²) in [4.78, 5) is 17.9. The number of benzene rings is 4. The van der Waals surface area contributed by atoms with Crippen LogP contribution in [0.3, 0.4) is 0 Å². The zero-order chi connectivity index (χ0) is 37.9. The molecule has 274 valence electrons. The Morgan fingerprint density at radius 1 is 0.661 bits per heavy atom. The summed E-state index contributed by atoms with van der Waals surface area (Å²) in [6.45, 7) is 0. The molecule has 10 rings (SSSR count). The third-order valence-electron chi connectivity index (χ3n) is 9.93. The molecule has 0 fully saturated rings. The number of imidazole rings is 4. The van der Waals surface area contributed by atoms with E-state index < -0.39 is 0 Å². The number of fused-ring (bicyclic) bond motifs is 6. The summed E-state index contributed by atoms with van der Waals surface area (Å²) in [7, 11) is 10.5. The molecule has 0 saturated heterocycles. The fourth-order valence-electron chi connectivity index (χ4n) is 7.29. The van der Waals surface area contributed by atoms with E-state index in [-0.39, 0.29) is 0 Å². The molecule has 0 amide bonds. The fraction of sp³-hybridized carbons (Fsp3) is 0.0714. The molecule has 56 heavy (non-hydrogen) atoms. The molecule has 0 saturated carbocycles. The number of anilines is 4. The second kappa shape index (κ2) is 13.7. The third-order valence-corrected chi connectivity index (χ3v) is 17.2. The summed E-state index contributed by atoms with van der Waals surface area (Å²) in [5.41, 5.74) is 11.4. The Bertz CT molecular complexity index is 3060. The van der Waals surface area contributed by atoms with Crippen molar-refractivity contribution in [2.45, 2.75) is 0 Å². The quantitative estimate of drug-likeness (QED) is 0.116. The van der Waals surface area contributed by atoms with Gasteiger partial charge in [-0.15, -0.1) is 0 Å². The van der Waals surface area contributed by atoms with Crippen LogP contribution in [0.25, 0.3) is 56.1 Å². The molecule has 14 heteroatoms. The second-order valence-electron chi connectivity index (χ2n) is 13.6. The Labute approximate surface area is 333 Å². The Kier molecular flexibility index (Phi) is 8.34. The monoisotopic (exact) mass is 868 g/mol. The summed E-state index contributed by atoms with van der Waals surface area (Å²) in [5.74, 6) is 1.80. The van der Waals surface area contributed by atoms with Crippen molar-refractivity contribution in [2.24, 2.45) is 21.1 Å². The van der Waals surface area contributed by atoms with Crippen molar-refractivity contribution < 1.29 is 13.7 Å². The van der Waals surface area contributed by atoms with E-state index >= 15 is 0 Å². The van der Waals surface area contributed by atoms with Crippen molar-refractivity contribution >= 4 is 91.8 Å². The van der Waals surface area contributed by atoms with Gasteiger partial charge in [0.25, 0.3) is 0 Å². The molecule has 10 aromatic rings. The van der Waals surface area contributed by atoms with Crippen LogP contribution in [0, 0.1) is 7.05 Å². The molecule has 0 bridgehead atoms. The first-order valence-corrected chi connectivity index (χ1v) is 24.0. The molecule has 0 radical (unpaired) electrons. The van der Waals surface area contributed by atoms with Crippen molar-refractivity contribution in [1.82, 2.24) is 33.3 Å². The number of hydrogen-bond donors (Lipinski definition) is 3. The molecule has 0 aliphatic rings. The summed E-state index contributed by atoms with van der Waals surface area (Å²) in [6, 6.07) is 38.3. The number of hydrogen-bond acceptors (Lipinski definition) is 5. The van der Waals surface area contributed by atoms with Crippen LogP contribution in [-0.2, 0) is 21.1 Å². The first-order chi connectivity index (χ1) is 27.4. The molecule has 6 heterocycles. The Morgan fingerprint density at radius 3 is 1.93 bits per heavy atom. The standard InChI is InChI=1S/C42H35N12Se2/c1-49-23-43-37-35(49)42-52(4)34(28-13-9-6-10-14-28)40(54(42)24-44-37)47-30-17-21-32(22-18-30)56-55-31-19-15-29(16-20-31)46-38-33(27-11-7-5-8-12-27)48-41-36-39(45-25-53(38)41)51(3)26-50(36)2/h5-26,46-47H,4H2,1-3H3/q+1/p+1. The van der Waals surface area contributed by atoms with Gasteiger partial charge < -0.3 is 0 Å². The van der Waals surface area contributed by atoms with Crippen molar-refractivity contribution in [3.05, 3.63) is 142 Å². The minimum absolute atomic E-state index is 0.316. The Morgan fingerprint density at radius 2 is 1.27 bits per heavy atom. The van der Waals surface area contributed by atoms with Crippen LogP contribution in [0.4, 0.5) is 23.0 Å². The number of aromatic nitrogens is 10. The average Bonchev–Trinajstić information content (AvgIpc) is 3.96. The topological polar surface area (TPSA) is 104 Å². The van der Waals surface area contributed by atoms with E-state index in [1.54, 1.807) is 0 Å². The molecule has 0 atom stereocenters. The van der Waals surface area contributed by atoms with E-state index in [1.807, 2.05) is 84.4 Å². The van der Waals surface area contributed by atoms with E-state index in [0.29, 0.717) is 26.3 Å². The van der Waals surface area contributed by atoms with Crippen LogP contribution in [0.5, 0.6) is 0 Å². The van der Waals surface area contributed by atoms with Gasteiger partial charge in [-0.05, 0) is 0 Å². The molecule has 0 aliphatic carbocycles. The Balaban J connectivity index is 0.883. The molecule has 0 spiro atoms. The predicted octanol–water partition coefficient (Wildman–Crippen LogP) is 4.02. The van der Waals surface area contributed by atoms with Gasteiger partial charge in [-0.2, -0.15) is 0 Å². The molecule has 4 aromatic carbocycles. The summed E-state index contributed by atoms with van der Waals surface area (Å²) < 4.78 is 15.0. The van der Waals surface area contributed by atoms with Crippen LogP contribution >= 0.6 is 0 Å². The fourth-order valence-corrected chi connectivity index (χ4v) is 13.2. The maximum absolute atomic E-state index is 5.15. The summed E-state index contributed by atoms with van der Waals surface area (Å²) in [5, 5.41) is 7.39. The van der Waals surface area contributed by atoms with Crippen LogP contribution in [0.15, 0.2) is 135 Å². The van der Waals surface area contributed by atoms with E-state index in [1.165, 1.54) is 8.92 Å². The number of rotatable bonds is 9. The van der Waals surface area contributed by atoms with Gasteiger partial charge >= 0.3 is 335 Å². The van der Waals surface area contributed by atoms with Crippen molar-refractivity contribution in [3.63, 3.8) is 0 Å². The van der Waals surface area contributed by atoms with Crippen LogP contribution in [-0.4, -0.2) is 59.6 Å². The van der Waals surface area contributed by atoms with Gasteiger partial charge in [0, 0.05) is 0 Å². The maximum atomic E-state index is 5.15. The van der Waals surface area contributed by atoms with Gasteiger partial charge in [-0.1, -0.05) is 0 Å². The number of nitrogens with one attached hydrogen (secondary N) is 3. The van der Waals surface area contributed by atoms with Gasteiger partial charge in [-0.25, -0.2) is 0 Å². The van der Waals surface area contributed by atoms with Gasteiger partial charge in [-0.3, -0.25) is 0 Å². The van der Waals surface area contributed by atoms with Gasteiger partial charge in [0.05, 0.1) is 0 Å². The van der Waals surface area contributed by atoms with E-state index in [4.69, 9.17) is 15.0 Å². The van der Waals surface area contributed by atoms with Gasteiger partial charge in [0.15, 0.2) is 0 Å². The molecule has 0 aliphatic heterocycles. The SMILES string of the molecule is [CH2-][n+]1c(-c2ccccc2)c(Nc2ccc([Se][Se]c3ccc(Nc4c(-c5ccccc5)nc5c6c(ncn45)n(C)c[n+]6C)cc3)cc2)n2cnc3[nH]c[n+](C)c3c21. The molecular formula is C42H36N12Se2+2. The number of H-pyrrole nitrogens is 1. The molecule has 3 N–H and O–H groups in total. The second-order valence-corrected chi connectivity index (χ2v) is 19.9. The first kappa shape index (κ1) is 34.1. The molecule has 0 unspecified atom stereocenters. The van der Waals surface area contributed by atoms with Crippen molar-refractivity contribution in [3.8, 4) is 22.5 Å². The number of aromatic amines is 1. The normalized spacial score (nSPS) is 11.7. The molecule has 6 aromatic heterocycles. The summed E-state index contributed by atoms with van der Waals surface area (Å²) in [6.07, 6.45) is 7.65. The van der Waals surface area contributed by atoms with E-state index in [9.17, 15) is 0 Å². The average molecular weight is 867 g/mol. The van der Waals surface area contributed by atoms with Crippen LogP contribution < -0.4 is 33.3 Å². The first-order valence-electron chi connectivity index (χ1n) is 17.9.